The lowest BCUT2D eigenvalue weighted by Gasteiger charge is -2.22. The summed E-state index contributed by atoms with van der Waals surface area (Å²) in [5.41, 5.74) is 0.525. The highest BCUT2D eigenvalue weighted by Crippen LogP contribution is 2.46. The molecule has 1 unspecified atom stereocenters. The van der Waals surface area contributed by atoms with Gasteiger partial charge in [-0.25, -0.2) is 0 Å². The largest absolute Gasteiger partial charge is 0.128 e. The smallest absolute Gasteiger partial charge is 0.00154 e. The second kappa shape index (κ2) is 3.39. The molecule has 0 bridgehead atoms. The van der Waals surface area contributed by atoms with Crippen molar-refractivity contribution >= 4 is 18.7 Å². The van der Waals surface area contributed by atoms with Crippen LogP contribution in [0.2, 0.25) is 0 Å². The summed E-state index contributed by atoms with van der Waals surface area (Å²) in [5.74, 6) is 0. The number of benzene rings is 1. The Labute approximate surface area is 92.8 Å². The van der Waals surface area contributed by atoms with Gasteiger partial charge in [0.2, 0.25) is 0 Å². The van der Waals surface area contributed by atoms with Crippen LogP contribution in [0.1, 0.15) is 37.9 Å². The molecule has 0 spiro atoms. The lowest BCUT2D eigenvalue weighted by Crippen LogP contribution is -2.13. The van der Waals surface area contributed by atoms with Crippen LogP contribution in [-0.4, -0.2) is 0 Å². The van der Waals surface area contributed by atoms with E-state index in [0.29, 0.717) is 5.41 Å². The molecule has 0 saturated heterocycles. The van der Waals surface area contributed by atoms with Crippen molar-refractivity contribution in [3.63, 3.8) is 0 Å². The van der Waals surface area contributed by atoms with Crippen LogP contribution in [0.5, 0.6) is 0 Å². The minimum atomic E-state index is 0.525. The summed E-state index contributed by atoms with van der Waals surface area (Å²) in [6.07, 6.45) is 5.66. The van der Waals surface area contributed by atoms with Gasteiger partial charge in [-0.3, -0.25) is 0 Å². The Bertz CT molecular complexity index is 442. The molecule has 0 aliphatic heterocycles. The van der Waals surface area contributed by atoms with Crippen LogP contribution in [0, 0.1) is 0 Å². The maximum absolute atomic E-state index is 2.46. The fourth-order valence-electron chi connectivity index (χ4n) is 2.82. The molecule has 1 atom stereocenters. The molecular weight excluding hydrogens is 199 g/mol. The summed E-state index contributed by atoms with van der Waals surface area (Å²) in [4.78, 5) is 0. The summed E-state index contributed by atoms with van der Waals surface area (Å²) >= 11 is 0. The van der Waals surface area contributed by atoms with E-state index in [4.69, 9.17) is 0 Å². The Hall–Kier alpha value is -0.740. The van der Waals surface area contributed by atoms with E-state index in [9.17, 15) is 0 Å². The topological polar surface area (TPSA) is 0 Å². The molecule has 0 amide bonds. The lowest BCUT2D eigenvalue weighted by molar-refractivity contribution is 0.502. The van der Waals surface area contributed by atoms with Gasteiger partial charge in [0, 0.05) is 0 Å². The average molecular weight is 216 g/mol. The highest BCUT2D eigenvalue weighted by Gasteiger charge is 2.31. The molecule has 1 heterocycles. The molecule has 1 aromatic carbocycles. The summed E-state index contributed by atoms with van der Waals surface area (Å²) in [7, 11) is 0.937. The predicted molar refractivity (Wildman–Crippen MR) is 69.3 cm³/mol. The zero-order valence-electron chi connectivity index (χ0n) is 9.22. The van der Waals surface area contributed by atoms with Gasteiger partial charge in [-0.1, -0.05) is 44.0 Å². The van der Waals surface area contributed by atoms with Gasteiger partial charge in [0.05, 0.1) is 0 Å². The van der Waals surface area contributed by atoms with Crippen molar-refractivity contribution in [2.75, 3.05) is 0 Å². The number of hydrogen-bond donors (Lipinski definition) is 0. The summed E-state index contributed by atoms with van der Waals surface area (Å²) in [5, 5.41) is 4.74. The van der Waals surface area contributed by atoms with Crippen molar-refractivity contribution in [3.8, 4) is 0 Å². The molecule has 15 heavy (non-hydrogen) atoms. The molecule has 0 N–H and O–H groups in total. The third-order valence-corrected chi connectivity index (χ3v) is 5.63. The van der Waals surface area contributed by atoms with E-state index in [-0.39, 0.29) is 0 Å². The zero-order valence-corrected chi connectivity index (χ0v) is 10.2. The first kappa shape index (κ1) is 9.48. The Morgan fingerprint density at radius 1 is 1.13 bits per heavy atom. The highest BCUT2D eigenvalue weighted by atomic mass is 31.0. The quantitative estimate of drug-likeness (QED) is 0.648. The molecule has 1 aliphatic rings. The second-order valence-electron chi connectivity index (χ2n) is 5.04. The fraction of sp³-hybridized carbons (Fsp3) is 0.429. The van der Waals surface area contributed by atoms with E-state index in [1.54, 1.807) is 10.4 Å². The van der Waals surface area contributed by atoms with E-state index in [0.717, 1.165) is 8.19 Å². The number of rotatable bonds is 1. The molecule has 0 nitrogen and oxygen atoms in total. The fourth-order valence-corrected chi connectivity index (χ4v) is 4.37. The van der Waals surface area contributed by atoms with Gasteiger partial charge in [-0.05, 0) is 40.1 Å². The average Bonchev–Trinajstić information content (AvgIpc) is 2.84. The maximum atomic E-state index is 2.46. The van der Waals surface area contributed by atoms with Gasteiger partial charge in [-0.2, -0.15) is 0 Å². The summed E-state index contributed by atoms with van der Waals surface area (Å²) in [6, 6.07) is 11.3. The predicted octanol–water partition coefficient (Wildman–Crippen LogP) is 4.70. The van der Waals surface area contributed by atoms with Crippen LogP contribution in [0.4, 0.5) is 0 Å². The first-order chi connectivity index (χ1) is 7.28. The summed E-state index contributed by atoms with van der Waals surface area (Å²) < 4.78 is 0. The first-order valence-electron chi connectivity index (χ1n) is 5.86. The summed E-state index contributed by atoms with van der Waals surface area (Å²) in [6.45, 7) is 2.46. The molecule has 0 radical (unpaired) electrons. The van der Waals surface area contributed by atoms with Crippen LogP contribution in [0.15, 0.2) is 30.3 Å². The molecule has 3 rings (SSSR count). The molecule has 1 fully saturated rings. The van der Waals surface area contributed by atoms with Crippen LogP contribution in [0.25, 0.3) is 10.5 Å². The molecule has 1 heteroatoms. The SMILES string of the molecule is CC1(c2cc3ccccc3[pH]2)CCCC1. The standard InChI is InChI=1S/C14H17P/c1-14(8-4-5-9-14)13-10-11-6-2-3-7-12(11)15-13/h2-3,6-7,10,15H,4-5,8-9H2,1H3. The number of hydrogen-bond acceptors (Lipinski definition) is 0. The molecule has 1 aliphatic carbocycles. The van der Waals surface area contributed by atoms with Crippen LogP contribution >= 0.6 is 8.19 Å². The Morgan fingerprint density at radius 3 is 2.60 bits per heavy atom. The van der Waals surface area contributed by atoms with E-state index in [1.165, 1.54) is 31.1 Å². The van der Waals surface area contributed by atoms with Crippen molar-refractivity contribution in [1.82, 2.24) is 0 Å². The van der Waals surface area contributed by atoms with Gasteiger partial charge in [0.15, 0.2) is 0 Å². The van der Waals surface area contributed by atoms with Gasteiger partial charge < -0.3 is 0 Å². The van der Waals surface area contributed by atoms with E-state index < -0.39 is 0 Å². The molecule has 2 aromatic rings. The van der Waals surface area contributed by atoms with Crippen molar-refractivity contribution < 1.29 is 0 Å². The van der Waals surface area contributed by atoms with Crippen LogP contribution in [0.3, 0.4) is 0 Å². The molecule has 1 saturated carbocycles. The lowest BCUT2D eigenvalue weighted by atomic mass is 9.87. The van der Waals surface area contributed by atoms with Crippen molar-refractivity contribution in [2.24, 2.45) is 0 Å². The normalized spacial score (nSPS) is 20.3. The van der Waals surface area contributed by atoms with Crippen molar-refractivity contribution in [2.45, 2.75) is 38.0 Å². The van der Waals surface area contributed by atoms with E-state index in [1.807, 2.05) is 0 Å². The van der Waals surface area contributed by atoms with E-state index in [2.05, 4.69) is 37.3 Å². The maximum Gasteiger partial charge on any atom is -0.00154 e. The van der Waals surface area contributed by atoms with Gasteiger partial charge >= 0.3 is 0 Å². The van der Waals surface area contributed by atoms with Gasteiger partial charge in [0.1, 0.15) is 0 Å². The second-order valence-corrected chi connectivity index (χ2v) is 6.37. The number of fused-ring (bicyclic) bond motifs is 1. The zero-order chi connectivity index (χ0) is 10.3. The molecule has 78 valence electrons. The minimum absolute atomic E-state index is 0.525. The van der Waals surface area contributed by atoms with Gasteiger partial charge in [-0.15, -0.1) is 8.19 Å². The van der Waals surface area contributed by atoms with E-state index >= 15 is 0 Å². The third kappa shape index (κ3) is 1.52. The van der Waals surface area contributed by atoms with Crippen LogP contribution in [-0.2, 0) is 5.41 Å². The van der Waals surface area contributed by atoms with Crippen molar-refractivity contribution in [1.29, 1.82) is 0 Å². The Kier molecular flexibility index (Phi) is 2.14. The molecular formula is C14H17P. The Morgan fingerprint density at radius 2 is 1.87 bits per heavy atom. The van der Waals surface area contributed by atoms with Gasteiger partial charge in [0.25, 0.3) is 0 Å². The van der Waals surface area contributed by atoms with Crippen molar-refractivity contribution in [3.05, 3.63) is 35.6 Å². The Balaban J connectivity index is 2.11. The minimum Gasteiger partial charge on any atom is -0.128 e. The third-order valence-electron chi connectivity index (χ3n) is 3.89. The monoisotopic (exact) mass is 216 g/mol. The highest BCUT2D eigenvalue weighted by molar-refractivity contribution is 7.38. The van der Waals surface area contributed by atoms with Crippen LogP contribution < -0.4 is 0 Å². The first-order valence-corrected chi connectivity index (χ1v) is 6.86. The molecule has 1 aromatic heterocycles.